The number of aliphatic hydroxyl groups is 1. The normalized spacial score (nSPS) is 12.4. The molecule has 0 spiro atoms. The lowest BCUT2D eigenvalue weighted by atomic mass is 9.93. The highest BCUT2D eigenvalue weighted by Crippen LogP contribution is 2.25. The lowest BCUT2D eigenvalue weighted by Crippen LogP contribution is -2.13. The second-order valence-corrected chi connectivity index (χ2v) is 6.10. The van der Waals surface area contributed by atoms with Crippen molar-refractivity contribution >= 4 is 34.8 Å². The van der Waals surface area contributed by atoms with Gasteiger partial charge in [-0.3, -0.25) is 0 Å². The zero-order valence-electron chi connectivity index (χ0n) is 10.8. The Bertz CT molecular complexity index is 584. The second kappa shape index (κ2) is 7.33. The first-order valence-electron chi connectivity index (χ1n) is 6.37. The topological polar surface area (TPSA) is 20.2 Å². The first-order valence-corrected chi connectivity index (χ1v) is 7.51. The molecular formula is C16H15Cl3O. The van der Waals surface area contributed by atoms with E-state index in [-0.39, 0.29) is 12.5 Å². The van der Waals surface area contributed by atoms with Crippen molar-refractivity contribution in [3.05, 3.63) is 68.7 Å². The van der Waals surface area contributed by atoms with Crippen LogP contribution in [0.1, 0.15) is 11.1 Å². The van der Waals surface area contributed by atoms with Crippen molar-refractivity contribution in [2.75, 3.05) is 6.61 Å². The van der Waals surface area contributed by atoms with Gasteiger partial charge in [-0.25, -0.2) is 0 Å². The van der Waals surface area contributed by atoms with Gasteiger partial charge in [0, 0.05) is 21.7 Å². The second-order valence-electron chi connectivity index (χ2n) is 4.82. The summed E-state index contributed by atoms with van der Waals surface area (Å²) in [5, 5.41) is 11.6. The van der Waals surface area contributed by atoms with E-state index < -0.39 is 0 Å². The molecule has 0 saturated carbocycles. The van der Waals surface area contributed by atoms with E-state index in [1.807, 2.05) is 30.3 Å². The molecule has 0 aliphatic carbocycles. The van der Waals surface area contributed by atoms with Crippen LogP contribution in [-0.2, 0) is 12.8 Å². The summed E-state index contributed by atoms with van der Waals surface area (Å²) in [7, 11) is 0. The van der Waals surface area contributed by atoms with Gasteiger partial charge in [0.1, 0.15) is 0 Å². The number of rotatable bonds is 5. The highest BCUT2D eigenvalue weighted by molar-refractivity contribution is 6.33. The Labute approximate surface area is 134 Å². The fourth-order valence-corrected chi connectivity index (χ4v) is 2.81. The third kappa shape index (κ3) is 4.39. The highest BCUT2D eigenvalue weighted by atomic mass is 35.5. The fraction of sp³-hybridized carbons (Fsp3) is 0.250. The number of benzene rings is 2. The minimum Gasteiger partial charge on any atom is -0.396 e. The Morgan fingerprint density at radius 3 is 2.35 bits per heavy atom. The van der Waals surface area contributed by atoms with Crippen LogP contribution in [0, 0.1) is 5.92 Å². The summed E-state index contributed by atoms with van der Waals surface area (Å²) in [4.78, 5) is 0. The number of aliphatic hydroxyl groups excluding tert-OH is 1. The molecule has 0 amide bonds. The quantitative estimate of drug-likeness (QED) is 0.814. The molecule has 0 aliphatic rings. The average Bonchev–Trinajstić information content (AvgIpc) is 2.42. The van der Waals surface area contributed by atoms with Crippen molar-refractivity contribution < 1.29 is 5.11 Å². The molecule has 0 saturated heterocycles. The third-order valence-corrected chi connectivity index (χ3v) is 4.03. The summed E-state index contributed by atoms with van der Waals surface area (Å²) in [5.41, 5.74) is 2.06. The first kappa shape index (κ1) is 15.7. The summed E-state index contributed by atoms with van der Waals surface area (Å²) in [6.07, 6.45) is 1.43. The van der Waals surface area contributed by atoms with E-state index in [2.05, 4.69) is 0 Å². The van der Waals surface area contributed by atoms with Crippen molar-refractivity contribution in [3.8, 4) is 0 Å². The molecule has 0 radical (unpaired) electrons. The molecule has 0 aliphatic heterocycles. The van der Waals surface area contributed by atoms with Crippen LogP contribution >= 0.6 is 34.8 Å². The lowest BCUT2D eigenvalue weighted by Gasteiger charge is -2.15. The van der Waals surface area contributed by atoms with Gasteiger partial charge < -0.3 is 5.11 Å². The van der Waals surface area contributed by atoms with Crippen molar-refractivity contribution in [1.82, 2.24) is 0 Å². The molecule has 0 bridgehead atoms. The summed E-state index contributed by atoms with van der Waals surface area (Å²) in [6, 6.07) is 13.1. The van der Waals surface area contributed by atoms with E-state index in [1.54, 1.807) is 12.1 Å². The standard InChI is InChI=1S/C16H15Cl3O/c17-14-3-1-2-11(8-14)6-12(10-20)7-13-9-15(18)4-5-16(13)19/h1-5,8-9,12,20H,6-7,10H2. The molecule has 2 rings (SSSR count). The predicted octanol–water partition coefficient (Wildman–Crippen LogP) is 5.04. The van der Waals surface area contributed by atoms with Crippen LogP contribution in [-0.4, -0.2) is 11.7 Å². The summed E-state index contributed by atoms with van der Waals surface area (Å²) in [6.45, 7) is 0.0926. The molecule has 0 aromatic heterocycles. The maximum Gasteiger partial charge on any atom is 0.0465 e. The van der Waals surface area contributed by atoms with E-state index in [0.717, 1.165) is 17.5 Å². The SMILES string of the molecule is OCC(Cc1cccc(Cl)c1)Cc1cc(Cl)ccc1Cl. The van der Waals surface area contributed by atoms with Crippen LogP contribution in [0.3, 0.4) is 0 Å². The zero-order chi connectivity index (χ0) is 14.5. The number of halogens is 3. The Hall–Kier alpha value is -0.730. The zero-order valence-corrected chi connectivity index (χ0v) is 13.1. The minimum atomic E-state index is 0.0874. The summed E-state index contributed by atoms with van der Waals surface area (Å²) in [5.74, 6) is 0.0874. The molecule has 4 heteroatoms. The molecule has 1 nitrogen and oxygen atoms in total. The van der Waals surface area contributed by atoms with Gasteiger partial charge in [0.2, 0.25) is 0 Å². The Kier molecular flexibility index (Phi) is 5.74. The summed E-state index contributed by atoms with van der Waals surface area (Å²) < 4.78 is 0. The molecule has 1 unspecified atom stereocenters. The van der Waals surface area contributed by atoms with Crippen molar-refractivity contribution in [1.29, 1.82) is 0 Å². The van der Waals surface area contributed by atoms with Crippen LogP contribution in [0.5, 0.6) is 0 Å². The Morgan fingerprint density at radius 2 is 1.65 bits per heavy atom. The van der Waals surface area contributed by atoms with Gasteiger partial charge in [-0.15, -0.1) is 0 Å². The van der Waals surface area contributed by atoms with Crippen LogP contribution in [0.4, 0.5) is 0 Å². The van der Waals surface area contributed by atoms with Gasteiger partial charge in [0.25, 0.3) is 0 Å². The van der Waals surface area contributed by atoms with Crippen LogP contribution in [0.25, 0.3) is 0 Å². The molecule has 2 aromatic carbocycles. The molecule has 1 atom stereocenters. The van der Waals surface area contributed by atoms with Crippen LogP contribution < -0.4 is 0 Å². The van der Waals surface area contributed by atoms with Crippen molar-refractivity contribution in [2.45, 2.75) is 12.8 Å². The monoisotopic (exact) mass is 328 g/mol. The molecule has 20 heavy (non-hydrogen) atoms. The van der Waals surface area contributed by atoms with E-state index in [0.29, 0.717) is 21.5 Å². The van der Waals surface area contributed by atoms with Gasteiger partial charge in [-0.2, -0.15) is 0 Å². The van der Waals surface area contributed by atoms with E-state index in [9.17, 15) is 5.11 Å². The Balaban J connectivity index is 2.11. The van der Waals surface area contributed by atoms with E-state index >= 15 is 0 Å². The lowest BCUT2D eigenvalue weighted by molar-refractivity contribution is 0.225. The van der Waals surface area contributed by atoms with Crippen LogP contribution in [0.2, 0.25) is 15.1 Å². The Morgan fingerprint density at radius 1 is 0.900 bits per heavy atom. The van der Waals surface area contributed by atoms with Gasteiger partial charge in [-0.1, -0.05) is 46.9 Å². The van der Waals surface area contributed by atoms with Gasteiger partial charge in [-0.05, 0) is 60.2 Å². The highest BCUT2D eigenvalue weighted by Gasteiger charge is 2.12. The van der Waals surface area contributed by atoms with Gasteiger partial charge >= 0.3 is 0 Å². The summed E-state index contributed by atoms with van der Waals surface area (Å²) >= 11 is 18.1. The largest absolute Gasteiger partial charge is 0.396 e. The molecule has 0 heterocycles. The smallest absolute Gasteiger partial charge is 0.0465 e. The van der Waals surface area contributed by atoms with Gasteiger partial charge in [0.15, 0.2) is 0 Å². The van der Waals surface area contributed by atoms with Crippen molar-refractivity contribution in [2.24, 2.45) is 5.92 Å². The fourth-order valence-electron chi connectivity index (χ4n) is 2.21. The molecule has 106 valence electrons. The van der Waals surface area contributed by atoms with Gasteiger partial charge in [0.05, 0.1) is 0 Å². The molecular weight excluding hydrogens is 315 g/mol. The van der Waals surface area contributed by atoms with E-state index in [4.69, 9.17) is 34.8 Å². The predicted molar refractivity (Wildman–Crippen MR) is 85.9 cm³/mol. The average molecular weight is 330 g/mol. The number of hydrogen-bond donors (Lipinski definition) is 1. The third-order valence-electron chi connectivity index (χ3n) is 3.19. The maximum absolute atomic E-state index is 9.57. The molecule has 1 N–H and O–H groups in total. The maximum atomic E-state index is 9.57. The van der Waals surface area contributed by atoms with E-state index in [1.165, 1.54) is 0 Å². The molecule has 2 aromatic rings. The number of hydrogen-bond acceptors (Lipinski definition) is 1. The van der Waals surface area contributed by atoms with Crippen LogP contribution in [0.15, 0.2) is 42.5 Å². The first-order chi connectivity index (χ1) is 9.58. The molecule has 0 fully saturated rings. The van der Waals surface area contributed by atoms with Crippen molar-refractivity contribution in [3.63, 3.8) is 0 Å². The minimum absolute atomic E-state index is 0.0874.